The third-order valence-electron chi connectivity index (χ3n) is 2.67. The van der Waals surface area contributed by atoms with E-state index in [1.807, 2.05) is 0 Å². The number of hydrogen-bond acceptors (Lipinski definition) is 2. The first-order valence-electron chi connectivity index (χ1n) is 5.74. The van der Waals surface area contributed by atoms with E-state index in [0.29, 0.717) is 10.7 Å². The largest absolute Gasteiger partial charge is 0.366 e. The molecule has 108 valence electrons. The van der Waals surface area contributed by atoms with Crippen molar-refractivity contribution in [1.82, 2.24) is 0 Å². The maximum Gasteiger partial charge on any atom is 0.257 e. The Hall–Kier alpha value is -1.75. The van der Waals surface area contributed by atoms with Gasteiger partial charge in [-0.2, -0.15) is 0 Å². The fourth-order valence-electron chi connectivity index (χ4n) is 1.66. The molecule has 2 aromatic carbocycles. The zero-order chi connectivity index (χ0) is 15.6. The standard InChI is InChI=1S/C14H9Cl3N2O2/c15-7-1-3-9(12(17)5-7)14(21)19-8-2-4-11(16)10(6-8)13(18)20/h1-6H,(H2,18,20)(H,19,21). The fraction of sp³-hybridized carbons (Fsp3) is 0. The van der Waals surface area contributed by atoms with E-state index in [-0.39, 0.29) is 21.2 Å². The van der Waals surface area contributed by atoms with Gasteiger partial charge in [0.05, 0.1) is 21.2 Å². The second-order valence-corrected chi connectivity index (χ2v) is 5.39. The first kappa shape index (κ1) is 15.6. The van der Waals surface area contributed by atoms with Gasteiger partial charge in [0.15, 0.2) is 0 Å². The number of halogens is 3. The Balaban J connectivity index is 2.27. The van der Waals surface area contributed by atoms with E-state index in [1.54, 1.807) is 12.1 Å². The molecule has 4 nitrogen and oxygen atoms in total. The van der Waals surface area contributed by atoms with E-state index in [0.717, 1.165) is 0 Å². The van der Waals surface area contributed by atoms with Crippen LogP contribution in [-0.2, 0) is 0 Å². The van der Waals surface area contributed by atoms with Crippen LogP contribution in [0.4, 0.5) is 5.69 Å². The summed E-state index contributed by atoms with van der Waals surface area (Å²) in [7, 11) is 0. The Kier molecular flexibility index (Phi) is 4.73. The molecule has 3 N–H and O–H groups in total. The first-order valence-corrected chi connectivity index (χ1v) is 6.87. The predicted octanol–water partition coefficient (Wildman–Crippen LogP) is 4.00. The molecule has 2 rings (SSSR count). The minimum Gasteiger partial charge on any atom is -0.366 e. The lowest BCUT2D eigenvalue weighted by molar-refractivity contribution is 0.0996. The molecule has 0 atom stereocenters. The SMILES string of the molecule is NC(=O)c1cc(NC(=O)c2ccc(Cl)cc2Cl)ccc1Cl. The van der Waals surface area contributed by atoms with Crippen molar-refractivity contribution in [2.24, 2.45) is 5.73 Å². The molecule has 0 aliphatic rings. The van der Waals surface area contributed by atoms with E-state index in [4.69, 9.17) is 40.5 Å². The maximum absolute atomic E-state index is 12.1. The molecular weight excluding hydrogens is 335 g/mol. The zero-order valence-electron chi connectivity index (χ0n) is 10.5. The maximum atomic E-state index is 12.1. The molecule has 0 aromatic heterocycles. The third-order valence-corrected chi connectivity index (χ3v) is 3.54. The smallest absolute Gasteiger partial charge is 0.257 e. The number of anilines is 1. The number of amides is 2. The van der Waals surface area contributed by atoms with E-state index in [2.05, 4.69) is 5.32 Å². The Bertz CT molecular complexity index is 732. The van der Waals surface area contributed by atoms with Crippen LogP contribution in [0.15, 0.2) is 36.4 Å². The summed E-state index contributed by atoms with van der Waals surface area (Å²) in [5.41, 5.74) is 5.96. The average Bonchev–Trinajstić information content (AvgIpc) is 2.40. The number of benzene rings is 2. The summed E-state index contributed by atoms with van der Waals surface area (Å²) < 4.78 is 0. The van der Waals surface area contributed by atoms with Crippen molar-refractivity contribution in [3.05, 3.63) is 62.6 Å². The van der Waals surface area contributed by atoms with Gasteiger partial charge in [-0.15, -0.1) is 0 Å². The minimum atomic E-state index is -0.680. The van der Waals surface area contributed by atoms with Gasteiger partial charge in [-0.05, 0) is 36.4 Å². The van der Waals surface area contributed by atoms with E-state index < -0.39 is 11.8 Å². The second kappa shape index (κ2) is 6.35. The number of primary amides is 1. The van der Waals surface area contributed by atoms with Gasteiger partial charge in [0.2, 0.25) is 5.91 Å². The molecule has 0 aliphatic carbocycles. The van der Waals surface area contributed by atoms with Crippen LogP contribution in [0.5, 0.6) is 0 Å². The summed E-state index contributed by atoms with van der Waals surface area (Å²) in [5, 5.41) is 3.48. The van der Waals surface area contributed by atoms with Crippen molar-refractivity contribution in [2.75, 3.05) is 5.32 Å². The summed E-state index contributed by atoms with van der Waals surface area (Å²) in [5.74, 6) is -1.12. The van der Waals surface area contributed by atoms with Gasteiger partial charge in [0.1, 0.15) is 0 Å². The highest BCUT2D eigenvalue weighted by Crippen LogP contribution is 2.24. The van der Waals surface area contributed by atoms with Gasteiger partial charge in [-0.25, -0.2) is 0 Å². The molecular formula is C14H9Cl3N2O2. The molecule has 0 aliphatic heterocycles. The topological polar surface area (TPSA) is 72.2 Å². The normalized spacial score (nSPS) is 10.2. The van der Waals surface area contributed by atoms with Gasteiger partial charge in [0.25, 0.3) is 5.91 Å². The summed E-state index contributed by atoms with van der Waals surface area (Å²) in [6, 6.07) is 8.95. The van der Waals surface area contributed by atoms with Crippen molar-refractivity contribution in [3.63, 3.8) is 0 Å². The molecule has 0 unspecified atom stereocenters. The van der Waals surface area contributed by atoms with Crippen LogP contribution < -0.4 is 11.1 Å². The van der Waals surface area contributed by atoms with Gasteiger partial charge in [-0.1, -0.05) is 34.8 Å². The molecule has 2 aromatic rings. The van der Waals surface area contributed by atoms with Crippen molar-refractivity contribution in [3.8, 4) is 0 Å². The lowest BCUT2D eigenvalue weighted by atomic mass is 10.1. The quantitative estimate of drug-likeness (QED) is 0.884. The molecule has 7 heteroatoms. The van der Waals surface area contributed by atoms with Crippen molar-refractivity contribution < 1.29 is 9.59 Å². The van der Waals surface area contributed by atoms with Crippen LogP contribution in [0.1, 0.15) is 20.7 Å². The predicted molar refractivity (Wildman–Crippen MR) is 84.4 cm³/mol. The van der Waals surface area contributed by atoms with Crippen LogP contribution in [0.25, 0.3) is 0 Å². The summed E-state index contributed by atoms with van der Waals surface area (Å²) in [4.78, 5) is 23.3. The molecule has 0 bridgehead atoms. The monoisotopic (exact) mass is 342 g/mol. The number of carbonyl (C=O) groups is 2. The lowest BCUT2D eigenvalue weighted by Gasteiger charge is -2.09. The first-order chi connectivity index (χ1) is 9.88. The van der Waals surface area contributed by atoms with E-state index in [1.165, 1.54) is 24.3 Å². The summed E-state index contributed by atoms with van der Waals surface area (Å²) in [6.45, 7) is 0. The molecule has 21 heavy (non-hydrogen) atoms. The second-order valence-electron chi connectivity index (χ2n) is 4.14. The van der Waals surface area contributed by atoms with Crippen LogP contribution in [0, 0.1) is 0 Å². The van der Waals surface area contributed by atoms with Crippen molar-refractivity contribution >= 4 is 52.3 Å². The molecule has 0 heterocycles. The molecule has 0 saturated heterocycles. The average molecular weight is 344 g/mol. The van der Waals surface area contributed by atoms with Crippen LogP contribution in [-0.4, -0.2) is 11.8 Å². The minimum absolute atomic E-state index is 0.122. The molecule has 0 radical (unpaired) electrons. The van der Waals surface area contributed by atoms with Crippen LogP contribution in [0.2, 0.25) is 15.1 Å². The Morgan fingerprint density at radius 2 is 1.62 bits per heavy atom. The Morgan fingerprint density at radius 3 is 2.24 bits per heavy atom. The highest BCUT2D eigenvalue weighted by Gasteiger charge is 2.13. The number of carbonyl (C=O) groups excluding carboxylic acids is 2. The Morgan fingerprint density at radius 1 is 0.905 bits per heavy atom. The summed E-state index contributed by atoms with van der Waals surface area (Å²) in [6.07, 6.45) is 0. The highest BCUT2D eigenvalue weighted by atomic mass is 35.5. The zero-order valence-corrected chi connectivity index (χ0v) is 12.8. The van der Waals surface area contributed by atoms with Gasteiger partial charge in [0, 0.05) is 10.7 Å². The molecule has 0 spiro atoms. The number of nitrogens with two attached hydrogens (primary N) is 1. The van der Waals surface area contributed by atoms with Gasteiger partial charge >= 0.3 is 0 Å². The number of hydrogen-bond donors (Lipinski definition) is 2. The fourth-order valence-corrected chi connectivity index (χ4v) is 2.37. The number of rotatable bonds is 3. The van der Waals surface area contributed by atoms with Crippen molar-refractivity contribution in [1.29, 1.82) is 0 Å². The van der Waals surface area contributed by atoms with E-state index >= 15 is 0 Å². The van der Waals surface area contributed by atoms with Crippen LogP contribution in [0.3, 0.4) is 0 Å². The summed E-state index contributed by atoms with van der Waals surface area (Å²) >= 11 is 17.6. The molecule has 0 saturated carbocycles. The highest BCUT2D eigenvalue weighted by molar-refractivity contribution is 6.37. The molecule has 0 fully saturated rings. The Labute approximate surface area is 135 Å². The third kappa shape index (κ3) is 3.67. The molecule has 2 amide bonds. The van der Waals surface area contributed by atoms with Gasteiger partial charge in [-0.3, -0.25) is 9.59 Å². The van der Waals surface area contributed by atoms with Crippen molar-refractivity contribution in [2.45, 2.75) is 0 Å². The lowest BCUT2D eigenvalue weighted by Crippen LogP contribution is -2.15. The van der Waals surface area contributed by atoms with Gasteiger partial charge < -0.3 is 11.1 Å². The van der Waals surface area contributed by atoms with E-state index in [9.17, 15) is 9.59 Å². The number of nitrogens with one attached hydrogen (secondary N) is 1. The van der Waals surface area contributed by atoms with Crippen LogP contribution >= 0.6 is 34.8 Å².